The highest BCUT2D eigenvalue weighted by atomic mass is 32.3. The monoisotopic (exact) mass is 284 g/mol. The molecule has 0 bridgehead atoms. The van der Waals surface area contributed by atoms with Gasteiger partial charge in [0.1, 0.15) is 5.75 Å². The van der Waals surface area contributed by atoms with Crippen LogP contribution in [0.25, 0.3) is 0 Å². The van der Waals surface area contributed by atoms with Gasteiger partial charge >= 0.3 is 0 Å². The summed E-state index contributed by atoms with van der Waals surface area (Å²) >= 11 is 0. The normalized spacial score (nSPS) is 12.5. The molecule has 2 heteroatoms. The van der Waals surface area contributed by atoms with Gasteiger partial charge < -0.3 is 4.18 Å². The summed E-state index contributed by atoms with van der Waals surface area (Å²) in [5.74, 6) is 1.05. The highest BCUT2D eigenvalue weighted by Gasteiger charge is 2.30. The molecule has 1 rings (SSSR count). The lowest BCUT2D eigenvalue weighted by Gasteiger charge is -2.44. The van der Waals surface area contributed by atoms with E-state index in [-0.39, 0.29) is 4.75 Å². The Morgan fingerprint density at radius 1 is 1.11 bits per heavy atom. The summed E-state index contributed by atoms with van der Waals surface area (Å²) in [4.78, 5) is 0. The molecule has 0 radical (unpaired) electrons. The molecule has 19 heavy (non-hydrogen) atoms. The first kappa shape index (κ1) is 18.4. The van der Waals surface area contributed by atoms with Crippen LogP contribution in [-0.4, -0.2) is 17.3 Å². The second-order valence-corrected chi connectivity index (χ2v) is 9.74. The summed E-state index contributed by atoms with van der Waals surface area (Å²) in [5, 5.41) is 0. The van der Waals surface area contributed by atoms with E-state index in [9.17, 15) is 0 Å². The zero-order chi connectivity index (χ0) is 15.3. The number of hydrogen-bond acceptors (Lipinski definition) is 1. The van der Waals surface area contributed by atoms with Crippen molar-refractivity contribution in [2.45, 2.75) is 59.6 Å². The maximum absolute atomic E-state index is 6.32. The van der Waals surface area contributed by atoms with Crippen LogP contribution in [0, 0.1) is 6.92 Å². The number of hydrogen-bond donors (Lipinski definition) is 0. The minimum absolute atomic E-state index is 0.196. The average Bonchev–Trinajstić information content (AvgIpc) is 2.33. The highest BCUT2D eigenvalue weighted by molar-refractivity contribution is 8.30. The van der Waals surface area contributed by atoms with Gasteiger partial charge in [0.05, 0.1) is 0 Å². The molecule has 0 saturated heterocycles. The summed E-state index contributed by atoms with van der Waals surface area (Å²) in [7, 11) is -1.10. The van der Waals surface area contributed by atoms with Crippen LogP contribution in [-0.2, 0) is 6.42 Å². The van der Waals surface area contributed by atoms with Crippen molar-refractivity contribution >= 4 is 10.3 Å². The summed E-state index contributed by atoms with van der Waals surface area (Å²) in [6, 6.07) is 6.53. The zero-order valence-corrected chi connectivity index (χ0v) is 15.1. The van der Waals surface area contributed by atoms with Gasteiger partial charge in [-0.3, -0.25) is 0 Å². The first-order valence-electron chi connectivity index (χ1n) is 7.19. The minimum atomic E-state index is -1.10. The third-order valence-electron chi connectivity index (χ3n) is 3.43. The summed E-state index contributed by atoms with van der Waals surface area (Å²) in [6.07, 6.45) is 5.54. The van der Waals surface area contributed by atoms with E-state index in [1.165, 1.54) is 11.1 Å². The molecule has 1 nitrogen and oxygen atoms in total. The molecule has 0 N–H and O–H groups in total. The SMILES string of the molecule is CC.CCc1ccc(C)c(OS(C)(C)C(C)(C)C)c1. The third-order valence-corrected chi connectivity index (χ3v) is 6.98. The molecule has 112 valence electrons. The van der Waals surface area contributed by atoms with Crippen LogP contribution >= 0.6 is 10.3 Å². The van der Waals surface area contributed by atoms with Gasteiger partial charge in [-0.2, -0.15) is 0 Å². The highest BCUT2D eigenvalue weighted by Crippen LogP contribution is 2.53. The zero-order valence-electron chi connectivity index (χ0n) is 14.3. The fraction of sp³-hybridized carbons (Fsp3) is 0.647. The Bertz CT molecular complexity index is 389. The molecule has 0 aromatic heterocycles. The Balaban J connectivity index is 0.00000154. The Labute approximate surface area is 122 Å². The van der Waals surface area contributed by atoms with E-state index in [0.29, 0.717) is 0 Å². The van der Waals surface area contributed by atoms with Gasteiger partial charge in [-0.25, -0.2) is 0 Å². The largest absolute Gasteiger partial charge is 0.449 e. The average molecular weight is 285 g/mol. The van der Waals surface area contributed by atoms with Crippen LogP contribution in [0.1, 0.15) is 52.7 Å². The van der Waals surface area contributed by atoms with E-state index < -0.39 is 10.3 Å². The second kappa shape index (κ2) is 7.23. The minimum Gasteiger partial charge on any atom is -0.449 e. The van der Waals surface area contributed by atoms with Crippen LogP contribution in [0.3, 0.4) is 0 Å². The van der Waals surface area contributed by atoms with Gasteiger partial charge in [0, 0.05) is 4.75 Å². The summed E-state index contributed by atoms with van der Waals surface area (Å²) in [5.41, 5.74) is 2.57. The van der Waals surface area contributed by atoms with E-state index in [1.54, 1.807) is 0 Å². The van der Waals surface area contributed by atoms with Crippen LogP contribution in [0.15, 0.2) is 18.2 Å². The van der Waals surface area contributed by atoms with Gasteiger partial charge in [-0.15, -0.1) is 0 Å². The molecule has 0 fully saturated rings. The smallest absolute Gasteiger partial charge is 0.138 e. The van der Waals surface area contributed by atoms with Gasteiger partial charge in [-0.1, -0.05) is 43.2 Å². The maximum Gasteiger partial charge on any atom is 0.138 e. The summed E-state index contributed by atoms with van der Waals surface area (Å²) < 4.78 is 6.52. The first-order valence-corrected chi connectivity index (χ1v) is 9.56. The molecule has 0 aliphatic rings. The Kier molecular flexibility index (Phi) is 6.99. The lowest BCUT2D eigenvalue weighted by molar-refractivity contribution is 0.581. The van der Waals surface area contributed by atoms with Crippen molar-refractivity contribution in [2.24, 2.45) is 0 Å². The summed E-state index contributed by atoms with van der Waals surface area (Å²) in [6.45, 7) is 15.0. The molecule has 0 heterocycles. The predicted octanol–water partition coefficient (Wildman–Crippen LogP) is 5.74. The van der Waals surface area contributed by atoms with E-state index in [2.05, 4.69) is 65.3 Å². The quantitative estimate of drug-likeness (QED) is 0.687. The molecule has 0 unspecified atom stereocenters. The van der Waals surface area contributed by atoms with Crippen molar-refractivity contribution in [1.29, 1.82) is 0 Å². The van der Waals surface area contributed by atoms with Crippen molar-refractivity contribution in [3.8, 4) is 5.75 Å². The molecule has 1 aromatic carbocycles. The lowest BCUT2D eigenvalue weighted by atomic mass is 10.1. The molecule has 1 aromatic rings. The van der Waals surface area contributed by atoms with Crippen molar-refractivity contribution in [3.05, 3.63) is 29.3 Å². The Morgan fingerprint density at radius 3 is 2.05 bits per heavy atom. The number of aryl methyl sites for hydroxylation is 2. The Morgan fingerprint density at radius 2 is 1.63 bits per heavy atom. The first-order chi connectivity index (χ1) is 8.67. The van der Waals surface area contributed by atoms with Gasteiger partial charge in [0.2, 0.25) is 0 Å². The molecular weight excluding hydrogens is 252 g/mol. The molecule has 0 saturated carbocycles. The van der Waals surface area contributed by atoms with E-state index in [1.807, 2.05) is 13.8 Å². The predicted molar refractivity (Wildman–Crippen MR) is 91.7 cm³/mol. The number of rotatable bonds is 3. The fourth-order valence-electron chi connectivity index (χ4n) is 1.30. The van der Waals surface area contributed by atoms with Gasteiger partial charge in [0.25, 0.3) is 0 Å². The van der Waals surface area contributed by atoms with Crippen LogP contribution in [0.2, 0.25) is 0 Å². The van der Waals surface area contributed by atoms with E-state index in [0.717, 1.165) is 12.2 Å². The molecule has 0 amide bonds. The van der Waals surface area contributed by atoms with E-state index >= 15 is 0 Å². The topological polar surface area (TPSA) is 9.23 Å². The van der Waals surface area contributed by atoms with E-state index in [4.69, 9.17) is 4.18 Å². The maximum atomic E-state index is 6.32. The molecule has 0 aliphatic heterocycles. The third kappa shape index (κ3) is 5.10. The van der Waals surface area contributed by atoms with Gasteiger partial charge in [-0.05, 0) is 63.8 Å². The van der Waals surface area contributed by atoms with Crippen molar-refractivity contribution in [3.63, 3.8) is 0 Å². The number of benzene rings is 1. The van der Waals surface area contributed by atoms with Crippen molar-refractivity contribution < 1.29 is 4.18 Å². The van der Waals surface area contributed by atoms with Crippen LogP contribution in [0.4, 0.5) is 0 Å². The molecule has 0 spiro atoms. The fourth-order valence-corrected chi connectivity index (χ4v) is 2.18. The lowest BCUT2D eigenvalue weighted by Crippen LogP contribution is -2.27. The molecule has 0 aliphatic carbocycles. The van der Waals surface area contributed by atoms with Crippen LogP contribution < -0.4 is 4.18 Å². The molecule has 0 atom stereocenters. The standard InChI is InChI=1S/C15H26OS.C2H6/c1-8-13-10-9-12(2)14(11-13)16-17(6,7)15(3,4)5;1-2/h9-11H,8H2,1-7H3;1-2H3. The molecular formula is C17H32OS. The Hall–Kier alpha value is -0.630. The van der Waals surface area contributed by atoms with Crippen molar-refractivity contribution in [1.82, 2.24) is 0 Å². The van der Waals surface area contributed by atoms with Crippen molar-refractivity contribution in [2.75, 3.05) is 12.5 Å². The van der Waals surface area contributed by atoms with Gasteiger partial charge in [0.15, 0.2) is 0 Å². The van der Waals surface area contributed by atoms with Crippen LogP contribution in [0.5, 0.6) is 5.75 Å². The second-order valence-electron chi connectivity index (χ2n) is 5.88.